The molecule has 0 aromatic carbocycles. The standard InChI is InChI=1S/C14H23N3O2/c1-11(2)10-17-8-4-14(18,5-9-17)12-13(19-3)16-7-6-15-12/h6-7,11,18H,4-5,8-10H2,1-3H3. The van der Waals surface area contributed by atoms with Gasteiger partial charge in [0.2, 0.25) is 5.88 Å². The van der Waals surface area contributed by atoms with Crippen LogP contribution in [0.15, 0.2) is 12.4 Å². The van der Waals surface area contributed by atoms with E-state index in [9.17, 15) is 5.11 Å². The molecular weight excluding hydrogens is 242 g/mol. The Bertz CT molecular complexity index is 415. The van der Waals surface area contributed by atoms with Gasteiger partial charge in [0.25, 0.3) is 0 Å². The van der Waals surface area contributed by atoms with Gasteiger partial charge in [-0.3, -0.25) is 4.98 Å². The Kier molecular flexibility index (Phi) is 4.37. The molecule has 2 rings (SSSR count). The van der Waals surface area contributed by atoms with E-state index in [-0.39, 0.29) is 0 Å². The zero-order valence-electron chi connectivity index (χ0n) is 12.0. The number of likely N-dealkylation sites (tertiary alicyclic amines) is 1. The molecule has 106 valence electrons. The first-order valence-electron chi connectivity index (χ1n) is 6.85. The summed E-state index contributed by atoms with van der Waals surface area (Å²) in [5.74, 6) is 1.08. The minimum atomic E-state index is -0.910. The Morgan fingerprint density at radius 2 is 1.95 bits per heavy atom. The smallest absolute Gasteiger partial charge is 0.238 e. The van der Waals surface area contributed by atoms with E-state index in [1.54, 1.807) is 19.5 Å². The first kappa shape index (κ1) is 14.2. The largest absolute Gasteiger partial charge is 0.480 e. The van der Waals surface area contributed by atoms with Crippen molar-refractivity contribution in [3.05, 3.63) is 18.1 Å². The van der Waals surface area contributed by atoms with Crippen molar-refractivity contribution in [1.82, 2.24) is 14.9 Å². The molecular formula is C14H23N3O2. The summed E-state index contributed by atoms with van der Waals surface area (Å²) in [7, 11) is 1.56. The summed E-state index contributed by atoms with van der Waals surface area (Å²) in [6.07, 6.45) is 4.54. The lowest BCUT2D eigenvalue weighted by Gasteiger charge is -2.38. The van der Waals surface area contributed by atoms with Gasteiger partial charge in [-0.05, 0) is 18.8 Å². The lowest BCUT2D eigenvalue weighted by Crippen LogP contribution is -2.44. The molecule has 0 atom stereocenters. The van der Waals surface area contributed by atoms with Gasteiger partial charge in [-0.15, -0.1) is 0 Å². The second-order valence-corrected chi connectivity index (χ2v) is 5.64. The van der Waals surface area contributed by atoms with Crippen LogP contribution in [0, 0.1) is 5.92 Å². The molecule has 0 amide bonds. The molecule has 0 aliphatic carbocycles. The summed E-state index contributed by atoms with van der Waals surface area (Å²) in [5.41, 5.74) is -0.339. The highest BCUT2D eigenvalue weighted by Crippen LogP contribution is 2.35. The maximum absolute atomic E-state index is 10.8. The van der Waals surface area contributed by atoms with Crippen LogP contribution in [0.4, 0.5) is 0 Å². The molecule has 0 saturated carbocycles. The number of methoxy groups -OCH3 is 1. The molecule has 2 heterocycles. The monoisotopic (exact) mass is 265 g/mol. The van der Waals surface area contributed by atoms with Gasteiger partial charge in [-0.1, -0.05) is 13.8 Å². The van der Waals surface area contributed by atoms with Crippen molar-refractivity contribution in [3.63, 3.8) is 0 Å². The average molecular weight is 265 g/mol. The summed E-state index contributed by atoms with van der Waals surface area (Å²) in [6, 6.07) is 0. The summed E-state index contributed by atoms with van der Waals surface area (Å²) in [6.45, 7) is 7.27. The first-order chi connectivity index (χ1) is 9.05. The van der Waals surface area contributed by atoms with Gasteiger partial charge in [0.15, 0.2) is 0 Å². The molecule has 19 heavy (non-hydrogen) atoms. The van der Waals surface area contributed by atoms with E-state index in [1.807, 2.05) is 0 Å². The third-order valence-corrected chi connectivity index (χ3v) is 3.61. The van der Waals surface area contributed by atoms with Crippen LogP contribution in [0.3, 0.4) is 0 Å². The maximum Gasteiger partial charge on any atom is 0.238 e. The number of hydrogen-bond donors (Lipinski definition) is 1. The van der Waals surface area contributed by atoms with E-state index in [0.29, 0.717) is 30.3 Å². The topological polar surface area (TPSA) is 58.5 Å². The summed E-state index contributed by atoms with van der Waals surface area (Å²) < 4.78 is 5.21. The molecule has 5 nitrogen and oxygen atoms in total. The highest BCUT2D eigenvalue weighted by atomic mass is 16.5. The lowest BCUT2D eigenvalue weighted by atomic mass is 9.87. The van der Waals surface area contributed by atoms with Gasteiger partial charge in [0.05, 0.1) is 7.11 Å². The van der Waals surface area contributed by atoms with Crippen LogP contribution in [0.25, 0.3) is 0 Å². The molecule has 5 heteroatoms. The Morgan fingerprint density at radius 3 is 2.53 bits per heavy atom. The number of aromatic nitrogens is 2. The van der Waals surface area contributed by atoms with Crippen LogP contribution in [0.5, 0.6) is 5.88 Å². The first-order valence-corrected chi connectivity index (χ1v) is 6.85. The van der Waals surface area contributed by atoms with E-state index >= 15 is 0 Å². The fraction of sp³-hybridized carbons (Fsp3) is 0.714. The quantitative estimate of drug-likeness (QED) is 0.892. The van der Waals surface area contributed by atoms with Crippen LogP contribution < -0.4 is 4.74 Å². The van der Waals surface area contributed by atoms with Crippen molar-refractivity contribution in [2.45, 2.75) is 32.3 Å². The predicted octanol–water partition coefficient (Wildman–Crippen LogP) is 1.42. The van der Waals surface area contributed by atoms with Crippen LogP contribution >= 0.6 is 0 Å². The number of piperidine rings is 1. The van der Waals surface area contributed by atoms with E-state index in [0.717, 1.165) is 19.6 Å². The highest BCUT2D eigenvalue weighted by Gasteiger charge is 2.38. The Balaban J connectivity index is 2.09. The Labute approximate surface area is 114 Å². The van der Waals surface area contributed by atoms with Gasteiger partial charge in [-0.2, -0.15) is 0 Å². The van der Waals surface area contributed by atoms with Gasteiger partial charge in [0.1, 0.15) is 11.3 Å². The van der Waals surface area contributed by atoms with Crippen LogP contribution in [-0.2, 0) is 5.60 Å². The third kappa shape index (κ3) is 3.22. The number of aliphatic hydroxyl groups is 1. The summed E-state index contributed by atoms with van der Waals surface area (Å²) in [5, 5.41) is 10.8. The molecule has 1 N–H and O–H groups in total. The number of rotatable bonds is 4. The van der Waals surface area contributed by atoms with Gasteiger partial charge < -0.3 is 14.7 Å². The molecule has 0 spiro atoms. The van der Waals surface area contributed by atoms with Crippen molar-refractivity contribution >= 4 is 0 Å². The molecule has 1 aromatic rings. The second-order valence-electron chi connectivity index (χ2n) is 5.64. The number of hydrogen-bond acceptors (Lipinski definition) is 5. The summed E-state index contributed by atoms with van der Waals surface area (Å²) in [4.78, 5) is 10.8. The molecule has 1 aromatic heterocycles. The van der Waals surface area contributed by atoms with E-state index < -0.39 is 5.60 Å². The average Bonchev–Trinajstić information content (AvgIpc) is 2.41. The molecule has 1 aliphatic rings. The summed E-state index contributed by atoms with van der Waals surface area (Å²) >= 11 is 0. The lowest BCUT2D eigenvalue weighted by molar-refractivity contribution is -0.0333. The number of nitrogens with zero attached hydrogens (tertiary/aromatic N) is 3. The predicted molar refractivity (Wildman–Crippen MR) is 73.0 cm³/mol. The Hall–Kier alpha value is -1.20. The minimum absolute atomic E-state index is 0.433. The van der Waals surface area contributed by atoms with Gasteiger partial charge in [-0.25, -0.2) is 4.98 Å². The fourth-order valence-electron chi connectivity index (χ4n) is 2.65. The minimum Gasteiger partial charge on any atom is -0.480 e. The van der Waals surface area contributed by atoms with E-state index in [1.165, 1.54) is 0 Å². The van der Waals surface area contributed by atoms with E-state index in [4.69, 9.17) is 4.74 Å². The van der Waals surface area contributed by atoms with Crippen molar-refractivity contribution < 1.29 is 9.84 Å². The van der Waals surface area contributed by atoms with Gasteiger partial charge in [0, 0.05) is 32.0 Å². The number of ether oxygens (including phenoxy) is 1. The van der Waals surface area contributed by atoms with Crippen LogP contribution in [0.2, 0.25) is 0 Å². The molecule has 1 saturated heterocycles. The zero-order valence-corrected chi connectivity index (χ0v) is 12.0. The highest BCUT2D eigenvalue weighted by molar-refractivity contribution is 5.25. The van der Waals surface area contributed by atoms with Crippen molar-refractivity contribution in [2.24, 2.45) is 5.92 Å². The molecule has 0 radical (unpaired) electrons. The van der Waals surface area contributed by atoms with Crippen molar-refractivity contribution in [2.75, 3.05) is 26.7 Å². The van der Waals surface area contributed by atoms with Crippen LogP contribution in [-0.4, -0.2) is 46.7 Å². The molecule has 1 fully saturated rings. The van der Waals surface area contributed by atoms with Gasteiger partial charge >= 0.3 is 0 Å². The van der Waals surface area contributed by atoms with E-state index in [2.05, 4.69) is 28.7 Å². The zero-order chi connectivity index (χ0) is 13.9. The normalized spacial score (nSPS) is 19.6. The molecule has 0 unspecified atom stereocenters. The van der Waals surface area contributed by atoms with Crippen molar-refractivity contribution in [3.8, 4) is 5.88 Å². The third-order valence-electron chi connectivity index (χ3n) is 3.61. The molecule has 1 aliphatic heterocycles. The van der Waals surface area contributed by atoms with Crippen LogP contribution in [0.1, 0.15) is 32.4 Å². The maximum atomic E-state index is 10.8. The molecule has 0 bridgehead atoms. The van der Waals surface area contributed by atoms with Crippen molar-refractivity contribution in [1.29, 1.82) is 0 Å². The fourth-order valence-corrected chi connectivity index (χ4v) is 2.65. The second kappa shape index (κ2) is 5.84. The Morgan fingerprint density at radius 1 is 1.32 bits per heavy atom. The SMILES string of the molecule is COc1nccnc1C1(O)CCN(CC(C)C)CC1.